The number of carbonyl (C=O) groups is 2. The molecule has 33 heavy (non-hydrogen) atoms. The number of rotatable bonds is 5. The van der Waals surface area contributed by atoms with Gasteiger partial charge in [0, 0.05) is 6.26 Å². The molecule has 0 fully saturated rings. The fourth-order valence-corrected chi connectivity index (χ4v) is 5.10. The Kier molecular flexibility index (Phi) is 6.00. The number of nitrogens with zero attached hydrogens (tertiary/aromatic N) is 4. The Bertz CT molecular complexity index is 1550. The van der Waals surface area contributed by atoms with Crippen LogP contribution in [0.15, 0.2) is 64.6 Å². The van der Waals surface area contributed by atoms with Crippen LogP contribution < -0.4 is 4.80 Å². The van der Waals surface area contributed by atoms with Crippen LogP contribution in [0.1, 0.15) is 16.1 Å². The van der Waals surface area contributed by atoms with Crippen LogP contribution in [-0.4, -0.2) is 48.0 Å². The maximum absolute atomic E-state index is 13.1. The molecular formula is C22H20N4O5S2. The van der Waals surface area contributed by atoms with Gasteiger partial charge in [0.2, 0.25) is 0 Å². The molecule has 0 saturated heterocycles. The number of aromatic nitrogens is 3. The van der Waals surface area contributed by atoms with Crippen LogP contribution in [0, 0.1) is 6.92 Å². The van der Waals surface area contributed by atoms with Gasteiger partial charge in [-0.1, -0.05) is 29.5 Å². The summed E-state index contributed by atoms with van der Waals surface area (Å²) in [5.74, 6) is -1.05. The molecule has 0 atom stereocenters. The smallest absolute Gasteiger partial charge is 0.325 e. The first-order valence-electron chi connectivity index (χ1n) is 9.78. The molecule has 4 rings (SSSR count). The largest absolute Gasteiger partial charge is 0.468 e. The van der Waals surface area contributed by atoms with Crippen LogP contribution in [0.2, 0.25) is 0 Å². The Morgan fingerprint density at radius 3 is 2.55 bits per heavy atom. The summed E-state index contributed by atoms with van der Waals surface area (Å²) in [7, 11) is -2.16. The van der Waals surface area contributed by atoms with Gasteiger partial charge in [0.1, 0.15) is 6.54 Å². The highest BCUT2D eigenvalue weighted by Crippen LogP contribution is 2.22. The average molecular weight is 485 g/mol. The minimum Gasteiger partial charge on any atom is -0.468 e. The predicted molar refractivity (Wildman–Crippen MR) is 123 cm³/mol. The van der Waals surface area contributed by atoms with E-state index in [2.05, 4.69) is 10.1 Å². The summed E-state index contributed by atoms with van der Waals surface area (Å²) in [4.78, 5) is 29.7. The second-order valence-corrected chi connectivity index (χ2v) is 10.3. The Balaban J connectivity index is 1.83. The van der Waals surface area contributed by atoms with E-state index in [0.29, 0.717) is 21.5 Å². The normalized spacial score (nSPS) is 12.3. The van der Waals surface area contributed by atoms with Crippen LogP contribution in [-0.2, 0) is 25.9 Å². The highest BCUT2D eigenvalue weighted by atomic mass is 32.2. The lowest BCUT2D eigenvalue weighted by Gasteiger charge is -2.05. The number of carbonyl (C=O) groups excluding carboxylic acids is 2. The lowest BCUT2D eigenvalue weighted by atomic mass is 10.2. The number of methoxy groups -OCH3 is 1. The Morgan fingerprint density at radius 1 is 1.15 bits per heavy atom. The van der Waals surface area contributed by atoms with Crippen molar-refractivity contribution < 1.29 is 22.7 Å². The number of para-hydroxylation sites is 1. The van der Waals surface area contributed by atoms with Crippen molar-refractivity contribution in [1.82, 2.24) is 14.3 Å². The minimum absolute atomic E-state index is 0.138. The van der Waals surface area contributed by atoms with Gasteiger partial charge in [-0.05, 0) is 37.3 Å². The van der Waals surface area contributed by atoms with E-state index in [1.165, 1.54) is 30.0 Å². The molecule has 0 aliphatic carbocycles. The highest BCUT2D eigenvalue weighted by molar-refractivity contribution is 7.90. The van der Waals surface area contributed by atoms with Crippen molar-refractivity contribution in [1.29, 1.82) is 0 Å². The maximum atomic E-state index is 13.1. The van der Waals surface area contributed by atoms with E-state index in [1.807, 2.05) is 30.3 Å². The van der Waals surface area contributed by atoms with Crippen molar-refractivity contribution in [2.24, 2.45) is 4.99 Å². The lowest BCUT2D eigenvalue weighted by molar-refractivity contribution is -0.141. The fourth-order valence-electron chi connectivity index (χ4n) is 3.31. The summed E-state index contributed by atoms with van der Waals surface area (Å²) in [6, 6.07) is 13.9. The maximum Gasteiger partial charge on any atom is 0.325 e. The number of thiazole rings is 1. The summed E-state index contributed by atoms with van der Waals surface area (Å²) in [5.41, 5.74) is 2.32. The molecule has 1 amide bonds. The average Bonchev–Trinajstić information content (AvgIpc) is 3.33. The number of esters is 1. The third-order valence-electron chi connectivity index (χ3n) is 5.04. The summed E-state index contributed by atoms with van der Waals surface area (Å²) in [6.45, 7) is 1.59. The van der Waals surface area contributed by atoms with Crippen molar-refractivity contribution in [3.63, 3.8) is 0 Å². The van der Waals surface area contributed by atoms with Gasteiger partial charge in [0.25, 0.3) is 5.91 Å². The molecule has 0 N–H and O–H groups in total. The fraction of sp³-hybridized carbons (Fsp3) is 0.182. The van der Waals surface area contributed by atoms with Crippen molar-refractivity contribution in [2.75, 3.05) is 13.4 Å². The summed E-state index contributed by atoms with van der Waals surface area (Å²) < 4.78 is 32.4. The zero-order valence-electron chi connectivity index (χ0n) is 18.0. The van der Waals surface area contributed by atoms with E-state index in [0.717, 1.165) is 23.3 Å². The van der Waals surface area contributed by atoms with Gasteiger partial charge in [0.05, 0.1) is 45.4 Å². The first-order chi connectivity index (χ1) is 15.7. The van der Waals surface area contributed by atoms with E-state index in [4.69, 9.17) is 4.74 Å². The second-order valence-electron chi connectivity index (χ2n) is 7.26. The molecule has 0 bridgehead atoms. The van der Waals surface area contributed by atoms with Crippen LogP contribution in [0.5, 0.6) is 0 Å². The molecule has 0 unspecified atom stereocenters. The van der Waals surface area contributed by atoms with E-state index >= 15 is 0 Å². The SMILES string of the molecule is COC(=O)Cn1c(=NC(=O)c2cnn(-c3ccccc3)c2C)sc2cc(S(C)(=O)=O)ccc21. The van der Waals surface area contributed by atoms with Crippen LogP contribution in [0.25, 0.3) is 15.9 Å². The summed E-state index contributed by atoms with van der Waals surface area (Å²) in [5, 5.41) is 4.31. The molecular weight excluding hydrogens is 464 g/mol. The van der Waals surface area contributed by atoms with Gasteiger partial charge in [-0.3, -0.25) is 9.59 Å². The van der Waals surface area contributed by atoms with Crippen molar-refractivity contribution in [2.45, 2.75) is 18.4 Å². The third-order valence-corrected chi connectivity index (χ3v) is 7.19. The van der Waals surface area contributed by atoms with E-state index in [-0.39, 0.29) is 16.2 Å². The second kappa shape index (κ2) is 8.75. The molecule has 0 aliphatic rings. The van der Waals surface area contributed by atoms with Gasteiger partial charge < -0.3 is 9.30 Å². The van der Waals surface area contributed by atoms with E-state index in [1.54, 1.807) is 17.7 Å². The Hall–Kier alpha value is -3.57. The van der Waals surface area contributed by atoms with Crippen LogP contribution >= 0.6 is 11.3 Å². The Morgan fingerprint density at radius 2 is 1.88 bits per heavy atom. The van der Waals surface area contributed by atoms with Gasteiger partial charge in [-0.25, -0.2) is 13.1 Å². The third kappa shape index (κ3) is 4.50. The molecule has 9 nitrogen and oxygen atoms in total. The van der Waals surface area contributed by atoms with Crippen molar-refractivity contribution in [3.05, 3.63) is 70.8 Å². The zero-order valence-corrected chi connectivity index (χ0v) is 19.7. The topological polar surface area (TPSA) is 113 Å². The molecule has 11 heteroatoms. The summed E-state index contributed by atoms with van der Waals surface area (Å²) >= 11 is 1.11. The molecule has 4 aromatic rings. The molecule has 2 heterocycles. The number of amides is 1. The van der Waals surface area contributed by atoms with Gasteiger partial charge in [0.15, 0.2) is 14.6 Å². The minimum atomic E-state index is -3.42. The molecule has 0 spiro atoms. The number of hydrogen-bond acceptors (Lipinski definition) is 7. The number of ether oxygens (including phenoxy) is 1. The van der Waals surface area contributed by atoms with E-state index < -0.39 is 21.7 Å². The molecule has 2 aromatic heterocycles. The quantitative estimate of drug-likeness (QED) is 0.402. The van der Waals surface area contributed by atoms with Crippen LogP contribution in [0.4, 0.5) is 0 Å². The number of sulfone groups is 1. The standard InChI is InChI=1S/C22H20N4O5S2/c1-14-17(12-23-26(14)15-7-5-4-6-8-15)21(28)24-22-25(13-20(27)31-2)18-10-9-16(33(3,29)30)11-19(18)32-22/h4-12H,13H2,1-3H3. The monoisotopic (exact) mass is 484 g/mol. The zero-order chi connectivity index (χ0) is 23.8. The first-order valence-corrected chi connectivity index (χ1v) is 12.5. The highest BCUT2D eigenvalue weighted by Gasteiger charge is 2.18. The first kappa shape index (κ1) is 22.6. The van der Waals surface area contributed by atoms with Crippen LogP contribution in [0.3, 0.4) is 0 Å². The van der Waals surface area contributed by atoms with Gasteiger partial charge in [-0.15, -0.1) is 0 Å². The number of hydrogen-bond donors (Lipinski definition) is 0. The van der Waals surface area contributed by atoms with Gasteiger partial charge >= 0.3 is 5.97 Å². The van der Waals surface area contributed by atoms with Crippen molar-refractivity contribution >= 4 is 43.3 Å². The van der Waals surface area contributed by atoms with Gasteiger partial charge in [-0.2, -0.15) is 10.1 Å². The Labute approximate surface area is 193 Å². The predicted octanol–water partition coefficient (Wildman–Crippen LogP) is 2.51. The van der Waals surface area contributed by atoms with E-state index in [9.17, 15) is 18.0 Å². The number of benzene rings is 2. The molecule has 0 saturated carbocycles. The van der Waals surface area contributed by atoms with Crippen molar-refractivity contribution in [3.8, 4) is 5.69 Å². The number of fused-ring (bicyclic) bond motifs is 1. The molecule has 0 aliphatic heterocycles. The molecule has 0 radical (unpaired) electrons. The lowest BCUT2D eigenvalue weighted by Crippen LogP contribution is -2.22. The summed E-state index contributed by atoms with van der Waals surface area (Å²) in [6.07, 6.45) is 2.57. The molecule has 2 aromatic carbocycles. The molecule has 170 valence electrons.